The fraction of sp³-hybridized carbons (Fsp3) is 0.588. The van der Waals surface area contributed by atoms with Crippen molar-refractivity contribution >= 4 is 11.7 Å². The molecule has 2 atom stereocenters. The molecule has 2 aliphatic heterocycles. The summed E-state index contributed by atoms with van der Waals surface area (Å²) in [5, 5.41) is 5.75. The SMILES string of the molecule is CC1Cc2ccccc2N1CCNC(=O)NCC1COCCO1. The third-order valence-electron chi connectivity index (χ3n) is 4.36. The quantitative estimate of drug-likeness (QED) is 0.855. The van der Waals surface area contributed by atoms with Crippen molar-refractivity contribution in [2.24, 2.45) is 0 Å². The van der Waals surface area contributed by atoms with Crippen LogP contribution in [0.25, 0.3) is 0 Å². The molecule has 23 heavy (non-hydrogen) atoms. The monoisotopic (exact) mass is 319 g/mol. The second-order valence-electron chi connectivity index (χ2n) is 6.08. The molecule has 2 amide bonds. The number of benzene rings is 1. The van der Waals surface area contributed by atoms with Crippen LogP contribution in [0.5, 0.6) is 0 Å². The maximum atomic E-state index is 11.8. The standard InChI is InChI=1S/C17H25N3O3/c1-13-10-14-4-2-3-5-16(14)20(13)7-6-18-17(21)19-11-15-12-22-8-9-23-15/h2-5,13,15H,6-12H2,1H3,(H2,18,19,21). The zero-order chi connectivity index (χ0) is 16.1. The minimum absolute atomic E-state index is 0.0417. The number of ether oxygens (including phenoxy) is 2. The second kappa shape index (κ2) is 7.66. The Kier molecular flexibility index (Phi) is 5.35. The van der Waals surface area contributed by atoms with E-state index in [2.05, 4.69) is 46.7 Å². The van der Waals surface area contributed by atoms with Gasteiger partial charge >= 0.3 is 6.03 Å². The number of urea groups is 1. The fourth-order valence-corrected chi connectivity index (χ4v) is 3.18. The maximum absolute atomic E-state index is 11.8. The van der Waals surface area contributed by atoms with Crippen molar-refractivity contribution in [3.05, 3.63) is 29.8 Å². The molecule has 0 saturated carbocycles. The van der Waals surface area contributed by atoms with E-state index in [-0.39, 0.29) is 12.1 Å². The zero-order valence-electron chi connectivity index (χ0n) is 13.6. The third kappa shape index (κ3) is 4.14. The van der Waals surface area contributed by atoms with Gasteiger partial charge in [-0.05, 0) is 25.0 Å². The lowest BCUT2D eigenvalue weighted by molar-refractivity contribution is -0.0853. The average Bonchev–Trinajstić information content (AvgIpc) is 2.90. The molecule has 3 rings (SSSR count). The molecule has 2 aliphatic rings. The number of hydrogen-bond acceptors (Lipinski definition) is 4. The topological polar surface area (TPSA) is 62.8 Å². The third-order valence-corrected chi connectivity index (χ3v) is 4.36. The maximum Gasteiger partial charge on any atom is 0.314 e. The molecule has 2 heterocycles. The molecule has 0 bridgehead atoms. The van der Waals surface area contributed by atoms with Crippen LogP contribution in [-0.2, 0) is 15.9 Å². The molecule has 6 heteroatoms. The molecule has 2 N–H and O–H groups in total. The van der Waals surface area contributed by atoms with Crippen molar-refractivity contribution in [2.45, 2.75) is 25.5 Å². The summed E-state index contributed by atoms with van der Waals surface area (Å²) in [5.74, 6) is 0. The van der Waals surface area contributed by atoms with Gasteiger partial charge in [-0.2, -0.15) is 0 Å². The lowest BCUT2D eigenvalue weighted by atomic mass is 10.1. The first-order chi connectivity index (χ1) is 11.2. The first kappa shape index (κ1) is 16.1. The molecule has 126 valence electrons. The van der Waals surface area contributed by atoms with Crippen LogP contribution >= 0.6 is 0 Å². The molecule has 0 aromatic heterocycles. The summed E-state index contributed by atoms with van der Waals surface area (Å²) in [6, 6.07) is 8.80. The van der Waals surface area contributed by atoms with E-state index in [0.717, 1.165) is 13.0 Å². The molecule has 0 spiro atoms. The van der Waals surface area contributed by atoms with Gasteiger partial charge < -0.3 is 25.0 Å². The Morgan fingerprint density at radius 1 is 1.30 bits per heavy atom. The number of carbonyl (C=O) groups is 1. The Bertz CT molecular complexity index is 532. The number of rotatable bonds is 5. The summed E-state index contributed by atoms with van der Waals surface area (Å²) in [7, 11) is 0. The van der Waals surface area contributed by atoms with Gasteiger partial charge in [-0.15, -0.1) is 0 Å². The number of hydrogen-bond donors (Lipinski definition) is 2. The highest BCUT2D eigenvalue weighted by molar-refractivity contribution is 5.73. The molecule has 1 fully saturated rings. The number of amides is 2. The average molecular weight is 319 g/mol. The van der Waals surface area contributed by atoms with Crippen molar-refractivity contribution in [3.8, 4) is 0 Å². The van der Waals surface area contributed by atoms with E-state index in [9.17, 15) is 4.79 Å². The van der Waals surface area contributed by atoms with Crippen LogP contribution in [0.1, 0.15) is 12.5 Å². The number of nitrogens with one attached hydrogen (secondary N) is 2. The molecule has 1 saturated heterocycles. The van der Waals surface area contributed by atoms with Crippen molar-refractivity contribution < 1.29 is 14.3 Å². The lowest BCUT2D eigenvalue weighted by Crippen LogP contribution is -2.45. The molecule has 2 unspecified atom stereocenters. The molecular formula is C17H25N3O3. The van der Waals surface area contributed by atoms with Gasteiger partial charge in [0, 0.05) is 31.4 Å². The van der Waals surface area contributed by atoms with Crippen LogP contribution in [-0.4, -0.2) is 57.6 Å². The van der Waals surface area contributed by atoms with Gasteiger partial charge in [0.25, 0.3) is 0 Å². The van der Waals surface area contributed by atoms with Gasteiger partial charge in [0.1, 0.15) is 0 Å². The molecule has 1 aromatic rings. The lowest BCUT2D eigenvalue weighted by Gasteiger charge is -2.25. The summed E-state index contributed by atoms with van der Waals surface area (Å²) >= 11 is 0. The Hall–Kier alpha value is -1.79. The van der Waals surface area contributed by atoms with Crippen LogP contribution in [0.15, 0.2) is 24.3 Å². The summed E-state index contributed by atoms with van der Waals surface area (Å²) in [6.07, 6.45) is 1.03. The van der Waals surface area contributed by atoms with Crippen molar-refractivity contribution in [3.63, 3.8) is 0 Å². The highest BCUT2D eigenvalue weighted by Gasteiger charge is 2.24. The van der Waals surface area contributed by atoms with Crippen LogP contribution in [0.4, 0.5) is 10.5 Å². The smallest absolute Gasteiger partial charge is 0.314 e. The predicted octanol–water partition coefficient (Wildman–Crippen LogP) is 1.15. The van der Waals surface area contributed by atoms with Gasteiger partial charge in [0.05, 0.1) is 25.9 Å². The first-order valence-electron chi connectivity index (χ1n) is 8.29. The largest absolute Gasteiger partial charge is 0.376 e. The summed E-state index contributed by atoms with van der Waals surface area (Å²) < 4.78 is 10.8. The number of nitrogens with zero attached hydrogens (tertiary/aromatic N) is 1. The first-order valence-corrected chi connectivity index (χ1v) is 8.29. The Morgan fingerprint density at radius 2 is 2.17 bits per heavy atom. The molecule has 0 aliphatic carbocycles. The summed E-state index contributed by atoms with van der Waals surface area (Å²) in [6.45, 7) is 5.91. The zero-order valence-corrected chi connectivity index (χ0v) is 13.6. The summed E-state index contributed by atoms with van der Waals surface area (Å²) in [5.41, 5.74) is 2.67. The van der Waals surface area contributed by atoms with Crippen LogP contribution in [0.3, 0.4) is 0 Å². The normalized spacial score (nSPS) is 23.4. The Morgan fingerprint density at radius 3 is 3.00 bits per heavy atom. The highest BCUT2D eigenvalue weighted by Crippen LogP contribution is 2.31. The summed E-state index contributed by atoms with van der Waals surface area (Å²) in [4.78, 5) is 14.2. The van der Waals surface area contributed by atoms with Crippen molar-refractivity contribution in [1.82, 2.24) is 10.6 Å². The van der Waals surface area contributed by atoms with Gasteiger partial charge in [-0.25, -0.2) is 4.79 Å². The van der Waals surface area contributed by atoms with Crippen LogP contribution in [0, 0.1) is 0 Å². The van der Waals surface area contributed by atoms with Crippen LogP contribution < -0.4 is 15.5 Å². The number of para-hydroxylation sites is 1. The van der Waals surface area contributed by atoms with E-state index in [1.165, 1.54) is 11.3 Å². The van der Waals surface area contributed by atoms with E-state index in [0.29, 0.717) is 39.0 Å². The minimum atomic E-state index is -0.153. The van der Waals surface area contributed by atoms with Gasteiger partial charge in [-0.1, -0.05) is 18.2 Å². The Balaban J connectivity index is 1.38. The van der Waals surface area contributed by atoms with E-state index in [4.69, 9.17) is 9.47 Å². The number of fused-ring (bicyclic) bond motifs is 1. The Labute approximate surface area is 137 Å². The molecule has 1 aromatic carbocycles. The predicted molar refractivity (Wildman–Crippen MR) is 88.9 cm³/mol. The van der Waals surface area contributed by atoms with Crippen LogP contribution in [0.2, 0.25) is 0 Å². The van der Waals surface area contributed by atoms with Gasteiger partial charge in [0.2, 0.25) is 0 Å². The molecule has 0 radical (unpaired) electrons. The van der Waals surface area contributed by atoms with Crippen molar-refractivity contribution in [1.29, 1.82) is 0 Å². The molecule has 6 nitrogen and oxygen atoms in total. The van der Waals surface area contributed by atoms with Gasteiger partial charge in [0.15, 0.2) is 0 Å². The van der Waals surface area contributed by atoms with E-state index in [1.807, 2.05) is 0 Å². The van der Waals surface area contributed by atoms with E-state index < -0.39 is 0 Å². The van der Waals surface area contributed by atoms with E-state index in [1.54, 1.807) is 0 Å². The fourth-order valence-electron chi connectivity index (χ4n) is 3.18. The second-order valence-corrected chi connectivity index (χ2v) is 6.08. The minimum Gasteiger partial charge on any atom is -0.376 e. The van der Waals surface area contributed by atoms with Crippen molar-refractivity contribution in [2.75, 3.05) is 44.4 Å². The highest BCUT2D eigenvalue weighted by atomic mass is 16.6. The number of anilines is 1. The van der Waals surface area contributed by atoms with Gasteiger partial charge in [-0.3, -0.25) is 0 Å². The number of carbonyl (C=O) groups excluding carboxylic acids is 1. The van der Waals surface area contributed by atoms with E-state index >= 15 is 0 Å². The molecular weight excluding hydrogens is 294 g/mol.